The van der Waals surface area contributed by atoms with Crippen LogP contribution in [0.3, 0.4) is 0 Å². The normalized spacial score (nSPS) is 17.0. The number of carbonyl (C=O) groups excluding carboxylic acids is 2. The van der Waals surface area contributed by atoms with Crippen LogP contribution in [-0.2, 0) is 9.59 Å². The highest BCUT2D eigenvalue weighted by atomic mass is 16.5. The summed E-state index contributed by atoms with van der Waals surface area (Å²) in [7, 11) is 0. The molecule has 1 heterocycles. The van der Waals surface area contributed by atoms with Crippen LogP contribution in [0.2, 0.25) is 0 Å². The summed E-state index contributed by atoms with van der Waals surface area (Å²) in [5.74, 6) is 0.0923. The Labute approximate surface area is 147 Å². The molecular formula is C20H22N2O3. The molecule has 0 radical (unpaired) electrons. The van der Waals surface area contributed by atoms with Gasteiger partial charge in [0.2, 0.25) is 5.91 Å². The van der Waals surface area contributed by atoms with Crippen LogP contribution in [0.15, 0.2) is 48.5 Å². The fraction of sp³-hybridized carbons (Fsp3) is 0.300. The Balaban J connectivity index is 1.64. The fourth-order valence-corrected chi connectivity index (χ4v) is 2.87. The number of hydrogen-bond acceptors (Lipinski definition) is 3. The Morgan fingerprint density at radius 3 is 2.64 bits per heavy atom. The van der Waals surface area contributed by atoms with E-state index in [4.69, 9.17) is 4.74 Å². The second kappa shape index (κ2) is 7.38. The lowest BCUT2D eigenvalue weighted by atomic mass is 10.0. The van der Waals surface area contributed by atoms with Gasteiger partial charge in [-0.15, -0.1) is 0 Å². The minimum atomic E-state index is -0.814. The number of aryl methyl sites for hydroxylation is 1. The Morgan fingerprint density at radius 1 is 1.20 bits per heavy atom. The third-order valence-corrected chi connectivity index (χ3v) is 4.30. The Morgan fingerprint density at radius 2 is 1.92 bits per heavy atom. The highest BCUT2D eigenvalue weighted by molar-refractivity contribution is 5.99. The molecule has 1 aliphatic heterocycles. The summed E-state index contributed by atoms with van der Waals surface area (Å²) in [6.45, 7) is 4.05. The number of ether oxygens (including phenoxy) is 1. The number of carbonyl (C=O) groups is 2. The van der Waals surface area contributed by atoms with Crippen molar-refractivity contribution < 1.29 is 14.3 Å². The van der Waals surface area contributed by atoms with Crippen LogP contribution in [-0.4, -0.2) is 17.9 Å². The topological polar surface area (TPSA) is 67.4 Å². The van der Waals surface area contributed by atoms with Gasteiger partial charge >= 0.3 is 0 Å². The fourth-order valence-electron chi connectivity index (χ4n) is 2.87. The third-order valence-electron chi connectivity index (χ3n) is 4.30. The number of anilines is 1. The quantitative estimate of drug-likeness (QED) is 0.878. The number of benzene rings is 2. The predicted octanol–water partition coefficient (Wildman–Crippen LogP) is 3.35. The molecular weight excluding hydrogens is 316 g/mol. The summed E-state index contributed by atoms with van der Waals surface area (Å²) in [5.41, 5.74) is 2.87. The molecule has 130 valence electrons. The second-order valence-corrected chi connectivity index (χ2v) is 6.24. The number of hydrogen-bond donors (Lipinski definition) is 2. The van der Waals surface area contributed by atoms with Gasteiger partial charge < -0.3 is 15.4 Å². The van der Waals surface area contributed by atoms with Crippen molar-refractivity contribution >= 4 is 17.5 Å². The van der Waals surface area contributed by atoms with Crippen molar-refractivity contribution in [2.75, 3.05) is 5.32 Å². The highest BCUT2D eigenvalue weighted by Crippen LogP contribution is 2.29. The standard InChI is InChI=1S/C20H22N2O3/c1-3-15(14-10-8-13(2)9-11-14)21-19(23)12-18-20(24)22-16-6-4-5-7-17(16)25-18/h4-11,15,18H,3,12H2,1-2H3,(H,21,23)(H,22,24)/t15-,18+/m1/s1. The van der Waals surface area contributed by atoms with Gasteiger partial charge in [-0.3, -0.25) is 9.59 Å². The predicted molar refractivity (Wildman–Crippen MR) is 96.5 cm³/mol. The van der Waals surface area contributed by atoms with Gasteiger partial charge in [-0.05, 0) is 31.0 Å². The summed E-state index contributed by atoms with van der Waals surface area (Å²) in [5, 5.41) is 5.77. The van der Waals surface area contributed by atoms with Crippen LogP contribution in [0.4, 0.5) is 5.69 Å². The molecule has 1 aliphatic rings. The summed E-state index contributed by atoms with van der Waals surface area (Å²) in [6.07, 6.45) is -0.0526. The number of fused-ring (bicyclic) bond motifs is 1. The van der Waals surface area contributed by atoms with E-state index >= 15 is 0 Å². The Kier molecular flexibility index (Phi) is 5.03. The lowest BCUT2D eigenvalue weighted by Crippen LogP contribution is -2.41. The van der Waals surface area contributed by atoms with Crippen molar-refractivity contribution in [3.8, 4) is 5.75 Å². The monoisotopic (exact) mass is 338 g/mol. The van der Waals surface area contributed by atoms with E-state index in [1.807, 2.05) is 50.2 Å². The summed E-state index contributed by atoms with van der Waals surface area (Å²) >= 11 is 0. The smallest absolute Gasteiger partial charge is 0.266 e. The van der Waals surface area contributed by atoms with E-state index in [1.165, 1.54) is 5.56 Å². The summed E-state index contributed by atoms with van der Waals surface area (Å²) in [6, 6.07) is 15.2. The molecule has 2 aromatic carbocycles. The first kappa shape index (κ1) is 17.0. The zero-order valence-electron chi connectivity index (χ0n) is 14.4. The Hall–Kier alpha value is -2.82. The number of nitrogens with one attached hydrogen (secondary N) is 2. The van der Waals surface area contributed by atoms with Crippen LogP contribution < -0.4 is 15.4 Å². The first-order chi connectivity index (χ1) is 12.1. The van der Waals surface area contributed by atoms with Crippen LogP contribution in [0, 0.1) is 6.92 Å². The van der Waals surface area contributed by atoms with Gasteiger partial charge in [0.1, 0.15) is 5.75 Å². The van der Waals surface area contributed by atoms with E-state index in [9.17, 15) is 9.59 Å². The minimum absolute atomic E-state index is 0.0114. The van der Waals surface area contributed by atoms with Crippen molar-refractivity contribution in [3.63, 3.8) is 0 Å². The average molecular weight is 338 g/mol. The van der Waals surface area contributed by atoms with Gasteiger partial charge in [0.05, 0.1) is 18.2 Å². The molecule has 0 aromatic heterocycles. The van der Waals surface area contributed by atoms with Gasteiger partial charge in [-0.2, -0.15) is 0 Å². The SMILES string of the molecule is CC[C@@H](NC(=O)C[C@@H]1Oc2ccccc2NC1=O)c1ccc(C)cc1. The van der Waals surface area contributed by atoms with Gasteiger partial charge in [0.25, 0.3) is 5.91 Å². The summed E-state index contributed by atoms with van der Waals surface area (Å²) in [4.78, 5) is 24.5. The number of para-hydroxylation sites is 2. The number of amides is 2. The lowest BCUT2D eigenvalue weighted by Gasteiger charge is -2.26. The van der Waals surface area contributed by atoms with Gasteiger partial charge in [-0.25, -0.2) is 0 Å². The first-order valence-corrected chi connectivity index (χ1v) is 8.49. The van der Waals surface area contributed by atoms with E-state index in [-0.39, 0.29) is 24.3 Å². The second-order valence-electron chi connectivity index (χ2n) is 6.24. The molecule has 5 nitrogen and oxygen atoms in total. The van der Waals surface area contributed by atoms with Crippen LogP contribution in [0.1, 0.15) is 36.9 Å². The van der Waals surface area contributed by atoms with E-state index in [0.717, 1.165) is 12.0 Å². The molecule has 2 atom stereocenters. The van der Waals surface area contributed by atoms with Gasteiger partial charge in [0, 0.05) is 0 Å². The molecule has 25 heavy (non-hydrogen) atoms. The maximum atomic E-state index is 12.4. The zero-order chi connectivity index (χ0) is 17.8. The van der Waals surface area contributed by atoms with E-state index in [0.29, 0.717) is 11.4 Å². The molecule has 2 amide bonds. The van der Waals surface area contributed by atoms with E-state index < -0.39 is 6.10 Å². The van der Waals surface area contributed by atoms with Crippen molar-refractivity contribution in [1.82, 2.24) is 5.32 Å². The molecule has 0 saturated heterocycles. The molecule has 0 saturated carbocycles. The largest absolute Gasteiger partial charge is 0.478 e. The van der Waals surface area contributed by atoms with Gasteiger partial charge in [-0.1, -0.05) is 48.9 Å². The van der Waals surface area contributed by atoms with Crippen molar-refractivity contribution in [1.29, 1.82) is 0 Å². The maximum absolute atomic E-state index is 12.4. The molecule has 0 spiro atoms. The molecule has 2 N–H and O–H groups in total. The summed E-state index contributed by atoms with van der Waals surface area (Å²) < 4.78 is 5.68. The lowest BCUT2D eigenvalue weighted by molar-refractivity contribution is -0.130. The van der Waals surface area contributed by atoms with E-state index in [1.54, 1.807) is 12.1 Å². The molecule has 0 fully saturated rings. The number of rotatable bonds is 5. The van der Waals surface area contributed by atoms with Crippen molar-refractivity contribution in [3.05, 3.63) is 59.7 Å². The van der Waals surface area contributed by atoms with Crippen LogP contribution >= 0.6 is 0 Å². The average Bonchev–Trinajstić information content (AvgIpc) is 2.61. The van der Waals surface area contributed by atoms with Crippen molar-refractivity contribution in [2.45, 2.75) is 38.8 Å². The zero-order valence-corrected chi connectivity index (χ0v) is 14.4. The third kappa shape index (κ3) is 3.99. The molecule has 2 aromatic rings. The highest BCUT2D eigenvalue weighted by Gasteiger charge is 2.30. The van der Waals surface area contributed by atoms with Crippen LogP contribution in [0.25, 0.3) is 0 Å². The molecule has 0 bridgehead atoms. The molecule has 5 heteroatoms. The molecule has 0 aliphatic carbocycles. The van der Waals surface area contributed by atoms with E-state index in [2.05, 4.69) is 10.6 Å². The maximum Gasteiger partial charge on any atom is 0.266 e. The molecule has 0 unspecified atom stereocenters. The van der Waals surface area contributed by atoms with Crippen LogP contribution in [0.5, 0.6) is 5.75 Å². The Bertz CT molecular complexity index is 771. The first-order valence-electron chi connectivity index (χ1n) is 8.49. The molecule has 3 rings (SSSR count). The van der Waals surface area contributed by atoms with Gasteiger partial charge in [0.15, 0.2) is 6.10 Å². The minimum Gasteiger partial charge on any atom is -0.478 e. The van der Waals surface area contributed by atoms with Crippen molar-refractivity contribution in [2.24, 2.45) is 0 Å².